The van der Waals surface area contributed by atoms with Crippen molar-refractivity contribution in [3.8, 4) is 28.2 Å². The van der Waals surface area contributed by atoms with Gasteiger partial charge in [-0.25, -0.2) is 9.97 Å². The SMILES string of the molecule is c1cc(-c2cccc(-n3c4ccccc4c4ccccc43)c2)cc(-c2ncc3c4ccccc4c4ccccc4c3n2)c1. The van der Waals surface area contributed by atoms with Crippen molar-refractivity contribution in [2.75, 3.05) is 0 Å². The number of hydrogen-bond acceptors (Lipinski definition) is 2. The molecule has 2 aromatic heterocycles. The molecule has 0 atom stereocenters. The van der Waals surface area contributed by atoms with Crippen molar-refractivity contribution in [1.82, 2.24) is 14.5 Å². The zero-order valence-electron chi connectivity index (χ0n) is 23.3. The lowest BCUT2D eigenvalue weighted by molar-refractivity contribution is 1.18. The fraction of sp³-hybridized carbons (Fsp3) is 0. The molecule has 0 N–H and O–H groups in total. The van der Waals surface area contributed by atoms with Crippen LogP contribution in [-0.2, 0) is 0 Å². The van der Waals surface area contributed by atoms with E-state index in [1.807, 2.05) is 6.20 Å². The fourth-order valence-corrected chi connectivity index (χ4v) is 6.66. The maximum Gasteiger partial charge on any atom is 0.159 e. The fourth-order valence-electron chi connectivity index (χ4n) is 6.66. The van der Waals surface area contributed by atoms with E-state index in [2.05, 4.69) is 150 Å². The summed E-state index contributed by atoms with van der Waals surface area (Å²) in [6.45, 7) is 0. The first-order valence-electron chi connectivity index (χ1n) is 14.6. The second-order valence-corrected chi connectivity index (χ2v) is 11.0. The Morgan fingerprint density at radius 3 is 1.60 bits per heavy atom. The summed E-state index contributed by atoms with van der Waals surface area (Å²) >= 11 is 0. The van der Waals surface area contributed by atoms with E-state index in [0.29, 0.717) is 0 Å². The molecular weight excluding hydrogens is 522 g/mol. The molecular formula is C40H25N3. The minimum atomic E-state index is 0.730. The van der Waals surface area contributed by atoms with Gasteiger partial charge in [0.2, 0.25) is 0 Å². The Balaban J connectivity index is 1.19. The third-order valence-electron chi connectivity index (χ3n) is 8.62. The molecule has 9 rings (SSSR count). The van der Waals surface area contributed by atoms with Gasteiger partial charge in [0, 0.05) is 39.0 Å². The number of benzene rings is 7. The Kier molecular flexibility index (Phi) is 5.20. The van der Waals surface area contributed by atoms with Crippen LogP contribution < -0.4 is 0 Å². The minimum absolute atomic E-state index is 0.730. The summed E-state index contributed by atoms with van der Waals surface area (Å²) in [5.74, 6) is 0.730. The van der Waals surface area contributed by atoms with Gasteiger partial charge < -0.3 is 4.57 Å². The topological polar surface area (TPSA) is 30.7 Å². The minimum Gasteiger partial charge on any atom is -0.309 e. The summed E-state index contributed by atoms with van der Waals surface area (Å²) in [6, 6.07) is 51.7. The first-order valence-corrected chi connectivity index (χ1v) is 14.6. The smallest absolute Gasteiger partial charge is 0.159 e. The van der Waals surface area contributed by atoms with Crippen molar-refractivity contribution in [3.05, 3.63) is 152 Å². The molecule has 0 saturated heterocycles. The average molecular weight is 548 g/mol. The molecule has 0 radical (unpaired) electrons. The van der Waals surface area contributed by atoms with Gasteiger partial charge in [0.1, 0.15) is 0 Å². The predicted octanol–water partition coefficient (Wildman–Crippen LogP) is 10.4. The zero-order chi connectivity index (χ0) is 28.3. The van der Waals surface area contributed by atoms with E-state index < -0.39 is 0 Å². The summed E-state index contributed by atoms with van der Waals surface area (Å²) in [5, 5.41) is 8.37. The first-order chi connectivity index (χ1) is 21.3. The van der Waals surface area contributed by atoms with Gasteiger partial charge in [-0.05, 0) is 57.6 Å². The molecule has 0 amide bonds. The normalized spacial score (nSPS) is 11.7. The number of aromatic nitrogens is 3. The molecule has 3 nitrogen and oxygen atoms in total. The molecule has 0 spiro atoms. The lowest BCUT2D eigenvalue weighted by atomic mass is 9.97. The van der Waals surface area contributed by atoms with Crippen LogP contribution in [0.2, 0.25) is 0 Å². The highest BCUT2D eigenvalue weighted by Gasteiger charge is 2.14. The molecule has 0 aliphatic rings. The molecule has 9 aromatic rings. The average Bonchev–Trinajstić information content (AvgIpc) is 3.43. The molecule has 0 bridgehead atoms. The quantitative estimate of drug-likeness (QED) is 0.206. The number of rotatable bonds is 3. The van der Waals surface area contributed by atoms with Crippen molar-refractivity contribution in [3.63, 3.8) is 0 Å². The molecule has 0 saturated carbocycles. The molecule has 200 valence electrons. The van der Waals surface area contributed by atoms with Crippen molar-refractivity contribution in [2.24, 2.45) is 0 Å². The van der Waals surface area contributed by atoms with Gasteiger partial charge in [0.05, 0.1) is 16.6 Å². The van der Waals surface area contributed by atoms with Gasteiger partial charge in [-0.15, -0.1) is 0 Å². The number of nitrogens with zero attached hydrogens (tertiary/aromatic N) is 3. The Bertz CT molecular complexity index is 2430. The van der Waals surface area contributed by atoms with E-state index in [4.69, 9.17) is 9.97 Å². The molecule has 0 aliphatic heterocycles. The van der Waals surface area contributed by atoms with Crippen LogP contribution in [0.15, 0.2) is 152 Å². The summed E-state index contributed by atoms with van der Waals surface area (Å²) in [7, 11) is 0. The molecule has 0 fully saturated rings. The van der Waals surface area contributed by atoms with Crippen LogP contribution in [0.25, 0.3) is 82.5 Å². The summed E-state index contributed by atoms with van der Waals surface area (Å²) in [6.07, 6.45) is 1.99. The van der Waals surface area contributed by atoms with Crippen LogP contribution in [0, 0.1) is 0 Å². The third-order valence-corrected chi connectivity index (χ3v) is 8.62. The zero-order valence-corrected chi connectivity index (χ0v) is 23.3. The van der Waals surface area contributed by atoms with E-state index in [0.717, 1.165) is 44.5 Å². The summed E-state index contributed by atoms with van der Waals surface area (Å²) < 4.78 is 2.36. The Hall–Kier alpha value is -5.80. The third kappa shape index (κ3) is 3.68. The monoisotopic (exact) mass is 547 g/mol. The Morgan fingerprint density at radius 1 is 0.395 bits per heavy atom. The van der Waals surface area contributed by atoms with Crippen molar-refractivity contribution in [2.45, 2.75) is 0 Å². The van der Waals surface area contributed by atoms with Crippen molar-refractivity contribution < 1.29 is 0 Å². The molecule has 3 heteroatoms. The van der Waals surface area contributed by atoms with Crippen LogP contribution in [0.5, 0.6) is 0 Å². The first kappa shape index (κ1) is 23.9. The standard InChI is InChI=1S/C40H25N3/c1-2-17-32-30(15-1)31-16-3-4-20-35(31)39-36(32)25-41-40(42-39)28-13-9-11-26(23-28)27-12-10-14-29(24-27)43-37-21-7-5-18-33(37)34-19-6-8-22-38(34)43/h1-25H. The van der Waals surface area contributed by atoms with E-state index in [1.54, 1.807) is 0 Å². The lowest BCUT2D eigenvalue weighted by Gasteiger charge is -2.12. The summed E-state index contributed by atoms with van der Waals surface area (Å²) in [5.41, 5.74) is 7.82. The maximum absolute atomic E-state index is 5.17. The number of hydrogen-bond donors (Lipinski definition) is 0. The highest BCUT2D eigenvalue weighted by molar-refractivity contribution is 6.24. The molecule has 7 aromatic carbocycles. The molecule has 0 unspecified atom stereocenters. The van der Waals surface area contributed by atoms with Crippen LogP contribution in [0.4, 0.5) is 0 Å². The number of para-hydroxylation sites is 2. The Morgan fingerprint density at radius 2 is 0.907 bits per heavy atom. The van der Waals surface area contributed by atoms with Gasteiger partial charge in [-0.3, -0.25) is 0 Å². The number of fused-ring (bicyclic) bond motifs is 9. The van der Waals surface area contributed by atoms with Gasteiger partial charge in [0.15, 0.2) is 5.82 Å². The maximum atomic E-state index is 5.17. The van der Waals surface area contributed by atoms with E-state index in [9.17, 15) is 0 Å². The second kappa shape index (κ2) is 9.37. The highest BCUT2D eigenvalue weighted by atomic mass is 15.0. The Labute approximate surface area is 248 Å². The van der Waals surface area contributed by atoms with Crippen LogP contribution in [-0.4, -0.2) is 14.5 Å². The van der Waals surface area contributed by atoms with E-state index in [1.165, 1.54) is 38.0 Å². The van der Waals surface area contributed by atoms with Crippen molar-refractivity contribution in [1.29, 1.82) is 0 Å². The van der Waals surface area contributed by atoms with Crippen LogP contribution in [0.1, 0.15) is 0 Å². The van der Waals surface area contributed by atoms with Crippen molar-refractivity contribution >= 4 is 54.3 Å². The second-order valence-electron chi connectivity index (χ2n) is 11.0. The molecule has 0 aliphatic carbocycles. The van der Waals surface area contributed by atoms with Gasteiger partial charge in [0.25, 0.3) is 0 Å². The lowest BCUT2D eigenvalue weighted by Crippen LogP contribution is -1.95. The summed E-state index contributed by atoms with van der Waals surface area (Å²) in [4.78, 5) is 10.0. The van der Waals surface area contributed by atoms with Crippen LogP contribution in [0.3, 0.4) is 0 Å². The molecule has 2 heterocycles. The van der Waals surface area contributed by atoms with Gasteiger partial charge >= 0.3 is 0 Å². The van der Waals surface area contributed by atoms with E-state index >= 15 is 0 Å². The van der Waals surface area contributed by atoms with E-state index in [-0.39, 0.29) is 0 Å². The van der Waals surface area contributed by atoms with Gasteiger partial charge in [-0.2, -0.15) is 0 Å². The highest BCUT2D eigenvalue weighted by Crippen LogP contribution is 2.36. The van der Waals surface area contributed by atoms with Gasteiger partial charge in [-0.1, -0.05) is 115 Å². The predicted molar refractivity (Wildman–Crippen MR) is 180 cm³/mol. The molecule has 43 heavy (non-hydrogen) atoms. The largest absolute Gasteiger partial charge is 0.309 e. The van der Waals surface area contributed by atoms with Crippen LogP contribution >= 0.6 is 0 Å².